The second-order valence-corrected chi connectivity index (χ2v) is 3.47. The van der Waals surface area contributed by atoms with Gasteiger partial charge < -0.3 is 10.1 Å². The van der Waals surface area contributed by atoms with Crippen LogP contribution in [-0.2, 0) is 9.53 Å². The molecule has 0 bridgehead atoms. The van der Waals surface area contributed by atoms with Gasteiger partial charge in [-0.15, -0.1) is 0 Å². The number of unbranched alkanes of at least 4 members (excludes halogenated alkanes) is 2. The van der Waals surface area contributed by atoms with Crippen molar-refractivity contribution >= 4 is 5.91 Å². The number of carbonyl (C=O) groups is 1. The summed E-state index contributed by atoms with van der Waals surface area (Å²) in [7, 11) is 0. The van der Waals surface area contributed by atoms with Crippen LogP contribution in [0.4, 0.5) is 0 Å². The maximum Gasteiger partial charge on any atom is 0.225 e. The van der Waals surface area contributed by atoms with E-state index in [4.69, 9.17) is 10.00 Å². The van der Waals surface area contributed by atoms with Crippen molar-refractivity contribution in [2.24, 2.45) is 5.92 Å². The fourth-order valence-corrected chi connectivity index (χ4v) is 1.43. The smallest absolute Gasteiger partial charge is 0.225 e. The van der Waals surface area contributed by atoms with Gasteiger partial charge in [-0.1, -0.05) is 0 Å². The Kier molecular flexibility index (Phi) is 5.02. The van der Waals surface area contributed by atoms with Crippen LogP contribution in [0.15, 0.2) is 0 Å². The molecule has 0 spiro atoms. The molecule has 0 aromatic rings. The zero-order chi connectivity index (χ0) is 10.2. The number of hydrogen-bond acceptors (Lipinski definition) is 3. The van der Waals surface area contributed by atoms with Gasteiger partial charge in [-0.25, -0.2) is 0 Å². The second kappa shape index (κ2) is 6.39. The molecule has 1 fully saturated rings. The van der Waals surface area contributed by atoms with E-state index in [-0.39, 0.29) is 11.8 Å². The molecular formula is C10H16N2O2. The topological polar surface area (TPSA) is 62.1 Å². The van der Waals surface area contributed by atoms with Crippen LogP contribution in [-0.4, -0.2) is 25.7 Å². The molecule has 14 heavy (non-hydrogen) atoms. The third-order valence-electron chi connectivity index (χ3n) is 2.32. The minimum Gasteiger partial charge on any atom is -0.381 e. The SMILES string of the molecule is N#CCCCCNC(=O)C1CCOC1. The van der Waals surface area contributed by atoms with Crippen LogP contribution in [0.5, 0.6) is 0 Å². The van der Waals surface area contributed by atoms with E-state index >= 15 is 0 Å². The van der Waals surface area contributed by atoms with Crippen molar-refractivity contribution in [2.75, 3.05) is 19.8 Å². The molecule has 1 amide bonds. The lowest BCUT2D eigenvalue weighted by molar-refractivity contribution is -0.124. The first kappa shape index (κ1) is 11.0. The van der Waals surface area contributed by atoms with Crippen molar-refractivity contribution in [1.29, 1.82) is 5.26 Å². The monoisotopic (exact) mass is 196 g/mol. The Morgan fingerprint density at radius 2 is 2.43 bits per heavy atom. The lowest BCUT2D eigenvalue weighted by Crippen LogP contribution is -2.31. The highest BCUT2D eigenvalue weighted by atomic mass is 16.5. The van der Waals surface area contributed by atoms with Gasteiger partial charge >= 0.3 is 0 Å². The zero-order valence-corrected chi connectivity index (χ0v) is 8.29. The van der Waals surface area contributed by atoms with Crippen LogP contribution in [0, 0.1) is 17.2 Å². The number of nitriles is 1. The lowest BCUT2D eigenvalue weighted by atomic mass is 10.1. The quantitative estimate of drug-likeness (QED) is 0.662. The molecule has 4 nitrogen and oxygen atoms in total. The molecule has 1 saturated heterocycles. The molecule has 0 aromatic carbocycles. The average molecular weight is 196 g/mol. The van der Waals surface area contributed by atoms with Gasteiger partial charge in [0.15, 0.2) is 0 Å². The fraction of sp³-hybridized carbons (Fsp3) is 0.800. The first-order valence-electron chi connectivity index (χ1n) is 5.07. The summed E-state index contributed by atoms with van der Waals surface area (Å²) in [5.74, 6) is 0.144. The Morgan fingerprint density at radius 3 is 3.07 bits per heavy atom. The number of ether oxygens (including phenoxy) is 1. The van der Waals surface area contributed by atoms with Gasteiger partial charge in [0.1, 0.15) is 0 Å². The van der Waals surface area contributed by atoms with Gasteiger partial charge in [-0.2, -0.15) is 5.26 Å². The summed E-state index contributed by atoms with van der Waals surface area (Å²) in [4.78, 5) is 11.4. The molecule has 78 valence electrons. The van der Waals surface area contributed by atoms with Crippen LogP contribution in [0.25, 0.3) is 0 Å². The number of nitrogens with zero attached hydrogens (tertiary/aromatic N) is 1. The Balaban J connectivity index is 2.00. The maximum atomic E-state index is 11.4. The molecule has 1 N–H and O–H groups in total. The van der Waals surface area contributed by atoms with E-state index in [1.54, 1.807) is 0 Å². The minimum absolute atomic E-state index is 0.0472. The van der Waals surface area contributed by atoms with Crippen molar-refractivity contribution in [3.05, 3.63) is 0 Å². The van der Waals surface area contributed by atoms with E-state index < -0.39 is 0 Å². The average Bonchev–Trinajstić information content (AvgIpc) is 2.70. The van der Waals surface area contributed by atoms with Crippen molar-refractivity contribution in [2.45, 2.75) is 25.7 Å². The Labute approximate surface area is 84.2 Å². The number of nitrogens with one attached hydrogen (secondary N) is 1. The summed E-state index contributed by atoms with van der Waals surface area (Å²) in [6.07, 6.45) is 3.15. The van der Waals surface area contributed by atoms with Gasteiger partial charge in [0.25, 0.3) is 0 Å². The van der Waals surface area contributed by atoms with E-state index in [1.165, 1.54) is 0 Å². The van der Waals surface area contributed by atoms with Crippen LogP contribution in [0.1, 0.15) is 25.7 Å². The zero-order valence-electron chi connectivity index (χ0n) is 8.29. The Hall–Kier alpha value is -1.08. The van der Waals surface area contributed by atoms with Crippen LogP contribution in [0.3, 0.4) is 0 Å². The van der Waals surface area contributed by atoms with Crippen molar-refractivity contribution in [3.63, 3.8) is 0 Å². The summed E-state index contributed by atoms with van der Waals surface area (Å²) in [5.41, 5.74) is 0. The first-order valence-corrected chi connectivity index (χ1v) is 5.07. The predicted molar refractivity (Wildman–Crippen MR) is 51.4 cm³/mol. The van der Waals surface area contributed by atoms with Crippen molar-refractivity contribution in [3.8, 4) is 6.07 Å². The fourth-order valence-electron chi connectivity index (χ4n) is 1.43. The largest absolute Gasteiger partial charge is 0.381 e. The molecule has 0 aliphatic carbocycles. The standard InChI is InChI=1S/C10H16N2O2/c11-5-2-1-3-6-12-10(13)9-4-7-14-8-9/h9H,1-4,6-8H2,(H,12,13). The number of carbonyl (C=O) groups excluding carboxylic acids is 1. The van der Waals surface area contributed by atoms with Gasteiger partial charge in [0, 0.05) is 19.6 Å². The van der Waals surface area contributed by atoms with E-state index in [1.807, 2.05) is 0 Å². The van der Waals surface area contributed by atoms with Crippen molar-refractivity contribution < 1.29 is 9.53 Å². The third-order valence-corrected chi connectivity index (χ3v) is 2.32. The molecule has 1 rings (SSSR count). The molecule has 1 atom stereocenters. The van der Waals surface area contributed by atoms with E-state index in [9.17, 15) is 4.79 Å². The molecule has 1 unspecified atom stereocenters. The summed E-state index contributed by atoms with van der Waals surface area (Å²) in [6.45, 7) is 1.94. The van der Waals surface area contributed by atoms with E-state index in [0.29, 0.717) is 26.2 Å². The second-order valence-electron chi connectivity index (χ2n) is 3.47. The molecule has 1 aliphatic rings. The molecule has 0 aromatic heterocycles. The van der Waals surface area contributed by atoms with E-state index in [2.05, 4.69) is 11.4 Å². The van der Waals surface area contributed by atoms with Gasteiger partial charge in [0.2, 0.25) is 5.91 Å². The van der Waals surface area contributed by atoms with Gasteiger partial charge in [0.05, 0.1) is 18.6 Å². The Bertz CT molecular complexity index is 217. The number of hydrogen-bond donors (Lipinski definition) is 1. The lowest BCUT2D eigenvalue weighted by Gasteiger charge is -2.08. The molecule has 4 heteroatoms. The highest BCUT2D eigenvalue weighted by Crippen LogP contribution is 2.11. The highest BCUT2D eigenvalue weighted by molar-refractivity contribution is 5.78. The minimum atomic E-state index is 0.0472. The normalized spacial score (nSPS) is 20.4. The summed E-state index contributed by atoms with van der Waals surface area (Å²) >= 11 is 0. The van der Waals surface area contributed by atoms with Crippen LogP contribution in [0.2, 0.25) is 0 Å². The molecule has 0 saturated carbocycles. The predicted octanol–water partition coefficient (Wildman–Crippen LogP) is 0.833. The van der Waals surface area contributed by atoms with Crippen LogP contribution < -0.4 is 5.32 Å². The highest BCUT2D eigenvalue weighted by Gasteiger charge is 2.22. The summed E-state index contributed by atoms with van der Waals surface area (Å²) in [5, 5.41) is 11.1. The van der Waals surface area contributed by atoms with Gasteiger partial charge in [-0.05, 0) is 19.3 Å². The maximum absolute atomic E-state index is 11.4. The van der Waals surface area contributed by atoms with Crippen molar-refractivity contribution in [1.82, 2.24) is 5.32 Å². The third kappa shape index (κ3) is 3.75. The number of rotatable bonds is 5. The summed E-state index contributed by atoms with van der Waals surface area (Å²) in [6, 6.07) is 2.08. The molecular weight excluding hydrogens is 180 g/mol. The van der Waals surface area contributed by atoms with E-state index in [0.717, 1.165) is 19.3 Å². The number of amides is 1. The molecule has 0 radical (unpaired) electrons. The molecule has 1 aliphatic heterocycles. The molecule has 1 heterocycles. The Morgan fingerprint density at radius 1 is 1.57 bits per heavy atom. The van der Waals surface area contributed by atoms with Gasteiger partial charge in [-0.3, -0.25) is 4.79 Å². The first-order chi connectivity index (χ1) is 6.84. The van der Waals surface area contributed by atoms with Crippen LogP contribution >= 0.6 is 0 Å². The summed E-state index contributed by atoms with van der Waals surface area (Å²) < 4.78 is 5.12.